The molecule has 0 radical (unpaired) electrons. The van der Waals surface area contributed by atoms with Crippen LogP contribution in [0.15, 0.2) is 24.5 Å². The van der Waals surface area contributed by atoms with Crippen LogP contribution in [-0.4, -0.2) is 20.3 Å². The summed E-state index contributed by atoms with van der Waals surface area (Å²) in [7, 11) is 0. The first-order valence-electron chi connectivity index (χ1n) is 4.79. The van der Waals surface area contributed by atoms with Gasteiger partial charge in [0.1, 0.15) is 18.2 Å². The number of aromatic nitrogens is 3. The fourth-order valence-corrected chi connectivity index (χ4v) is 1.44. The van der Waals surface area contributed by atoms with Gasteiger partial charge in [0.2, 0.25) is 0 Å². The summed E-state index contributed by atoms with van der Waals surface area (Å²) in [5.41, 5.74) is -1.42. The average Bonchev–Trinajstić information content (AvgIpc) is 2.79. The van der Waals surface area contributed by atoms with Gasteiger partial charge in [-0.2, -0.15) is 18.3 Å². The van der Waals surface area contributed by atoms with E-state index in [2.05, 4.69) is 15.2 Å². The molecule has 2 N–H and O–H groups in total. The van der Waals surface area contributed by atoms with Crippen LogP contribution in [0.3, 0.4) is 0 Å². The minimum absolute atomic E-state index is 0.0224. The third-order valence-corrected chi connectivity index (χ3v) is 2.31. The predicted molar refractivity (Wildman–Crippen MR) is 51.8 cm³/mol. The van der Waals surface area contributed by atoms with E-state index in [1.165, 1.54) is 0 Å². The van der Waals surface area contributed by atoms with Crippen molar-refractivity contribution >= 4 is 0 Å². The van der Waals surface area contributed by atoms with Crippen molar-refractivity contribution in [3.63, 3.8) is 0 Å². The molecule has 0 aliphatic rings. The Hall–Kier alpha value is -1.96. The summed E-state index contributed by atoms with van der Waals surface area (Å²) in [6.45, 7) is 0. The van der Waals surface area contributed by atoms with Gasteiger partial charge in [-0.1, -0.05) is 6.07 Å². The van der Waals surface area contributed by atoms with Gasteiger partial charge in [-0.15, -0.1) is 0 Å². The molecule has 0 amide bonds. The van der Waals surface area contributed by atoms with Crippen LogP contribution in [0.4, 0.5) is 17.6 Å². The van der Waals surface area contributed by atoms with Crippen LogP contribution in [0.5, 0.6) is 0 Å². The van der Waals surface area contributed by atoms with Crippen LogP contribution >= 0.6 is 0 Å². The molecule has 0 aliphatic carbocycles. The molecular formula is C10H7F4N3O. The Morgan fingerprint density at radius 1 is 1.28 bits per heavy atom. The standard InChI is InChI=1S/C10H7F4N3O/c11-7-3-5(1-2-6(7)10(12,13)14)8(18)9-15-4-16-17-9/h1-4,8,18H,(H,15,16,17). The van der Waals surface area contributed by atoms with Crippen molar-refractivity contribution in [2.24, 2.45) is 0 Å². The molecule has 2 rings (SSSR count). The molecule has 1 unspecified atom stereocenters. The van der Waals surface area contributed by atoms with Gasteiger partial charge in [0.05, 0.1) is 5.56 Å². The normalized spacial score (nSPS) is 13.6. The van der Waals surface area contributed by atoms with E-state index in [-0.39, 0.29) is 11.4 Å². The molecule has 0 aliphatic heterocycles. The van der Waals surface area contributed by atoms with Crippen molar-refractivity contribution in [1.29, 1.82) is 0 Å². The van der Waals surface area contributed by atoms with Crippen molar-refractivity contribution in [1.82, 2.24) is 15.2 Å². The molecule has 1 heterocycles. The summed E-state index contributed by atoms with van der Waals surface area (Å²) in [4.78, 5) is 3.63. The highest BCUT2D eigenvalue weighted by Crippen LogP contribution is 2.32. The fourth-order valence-electron chi connectivity index (χ4n) is 1.44. The van der Waals surface area contributed by atoms with Gasteiger partial charge in [-0.05, 0) is 17.7 Å². The maximum Gasteiger partial charge on any atom is 0.419 e. The molecule has 8 heteroatoms. The van der Waals surface area contributed by atoms with Crippen LogP contribution in [0.2, 0.25) is 0 Å². The van der Waals surface area contributed by atoms with E-state index in [1.54, 1.807) is 0 Å². The van der Waals surface area contributed by atoms with Crippen molar-refractivity contribution in [2.45, 2.75) is 12.3 Å². The molecule has 0 spiro atoms. The fraction of sp³-hybridized carbons (Fsp3) is 0.200. The second-order valence-corrected chi connectivity index (χ2v) is 3.51. The summed E-state index contributed by atoms with van der Waals surface area (Å²) in [5, 5.41) is 15.5. The summed E-state index contributed by atoms with van der Waals surface area (Å²) in [6.07, 6.45) is -5.00. The maximum atomic E-state index is 13.3. The second-order valence-electron chi connectivity index (χ2n) is 3.51. The number of halogens is 4. The topological polar surface area (TPSA) is 61.8 Å². The Kier molecular flexibility index (Phi) is 3.04. The minimum Gasteiger partial charge on any atom is -0.380 e. The Morgan fingerprint density at radius 2 is 2.00 bits per heavy atom. The number of alkyl halides is 3. The van der Waals surface area contributed by atoms with Crippen LogP contribution in [0.25, 0.3) is 0 Å². The Bertz CT molecular complexity index is 539. The molecule has 0 saturated carbocycles. The molecule has 18 heavy (non-hydrogen) atoms. The highest BCUT2D eigenvalue weighted by atomic mass is 19.4. The first kappa shape index (κ1) is 12.5. The van der Waals surface area contributed by atoms with Crippen LogP contribution in [0, 0.1) is 5.82 Å². The number of hydrogen-bond donors (Lipinski definition) is 2. The average molecular weight is 261 g/mol. The molecule has 1 aromatic carbocycles. The van der Waals surface area contributed by atoms with Crippen molar-refractivity contribution in [3.05, 3.63) is 47.3 Å². The van der Waals surface area contributed by atoms with Gasteiger partial charge in [0, 0.05) is 0 Å². The van der Waals surface area contributed by atoms with Crippen molar-refractivity contribution in [2.75, 3.05) is 0 Å². The van der Waals surface area contributed by atoms with Gasteiger partial charge in [0.25, 0.3) is 0 Å². The quantitative estimate of drug-likeness (QED) is 0.813. The van der Waals surface area contributed by atoms with Crippen LogP contribution < -0.4 is 0 Å². The third-order valence-electron chi connectivity index (χ3n) is 2.31. The smallest absolute Gasteiger partial charge is 0.380 e. The Labute approximate surface area is 98.3 Å². The monoisotopic (exact) mass is 261 g/mol. The lowest BCUT2D eigenvalue weighted by Crippen LogP contribution is -2.10. The summed E-state index contributed by atoms with van der Waals surface area (Å²) < 4.78 is 50.2. The number of aromatic amines is 1. The second kappa shape index (κ2) is 4.37. The zero-order chi connectivity index (χ0) is 13.3. The van der Waals surface area contributed by atoms with Gasteiger partial charge in [-0.3, -0.25) is 5.10 Å². The van der Waals surface area contributed by atoms with E-state index in [0.717, 1.165) is 12.4 Å². The maximum absolute atomic E-state index is 13.3. The summed E-state index contributed by atoms with van der Waals surface area (Å²) >= 11 is 0. The molecule has 1 atom stereocenters. The Morgan fingerprint density at radius 3 is 2.50 bits per heavy atom. The van der Waals surface area contributed by atoms with Gasteiger partial charge in [0.15, 0.2) is 5.82 Å². The lowest BCUT2D eigenvalue weighted by molar-refractivity contribution is -0.140. The molecular weight excluding hydrogens is 254 g/mol. The number of nitrogens with zero attached hydrogens (tertiary/aromatic N) is 2. The SMILES string of the molecule is OC(c1ccc(C(F)(F)F)c(F)c1)c1ncn[nH]1. The number of hydrogen-bond acceptors (Lipinski definition) is 3. The van der Waals surface area contributed by atoms with E-state index >= 15 is 0 Å². The number of nitrogens with one attached hydrogen (secondary N) is 1. The number of rotatable bonds is 2. The third kappa shape index (κ3) is 2.33. The van der Waals surface area contributed by atoms with Crippen molar-refractivity contribution in [3.8, 4) is 0 Å². The van der Waals surface area contributed by atoms with Gasteiger partial charge >= 0.3 is 6.18 Å². The molecule has 0 bridgehead atoms. The highest BCUT2D eigenvalue weighted by Gasteiger charge is 2.34. The lowest BCUT2D eigenvalue weighted by atomic mass is 10.1. The van der Waals surface area contributed by atoms with Crippen molar-refractivity contribution < 1.29 is 22.7 Å². The number of H-pyrrole nitrogens is 1. The molecule has 2 aromatic rings. The van der Waals surface area contributed by atoms with E-state index < -0.39 is 23.7 Å². The largest absolute Gasteiger partial charge is 0.419 e. The molecule has 1 aromatic heterocycles. The number of aliphatic hydroxyl groups excluding tert-OH is 1. The first-order valence-corrected chi connectivity index (χ1v) is 4.79. The van der Waals surface area contributed by atoms with E-state index in [9.17, 15) is 22.7 Å². The first-order chi connectivity index (χ1) is 8.39. The van der Waals surface area contributed by atoms with E-state index in [4.69, 9.17) is 0 Å². The Balaban J connectivity index is 2.35. The van der Waals surface area contributed by atoms with Gasteiger partial charge < -0.3 is 5.11 Å². The minimum atomic E-state index is -4.76. The van der Waals surface area contributed by atoms with Crippen LogP contribution in [0.1, 0.15) is 23.1 Å². The lowest BCUT2D eigenvalue weighted by Gasteiger charge is -2.11. The molecule has 0 fully saturated rings. The van der Waals surface area contributed by atoms with E-state index in [0.29, 0.717) is 12.1 Å². The zero-order valence-electron chi connectivity index (χ0n) is 8.74. The van der Waals surface area contributed by atoms with Gasteiger partial charge in [-0.25, -0.2) is 9.37 Å². The molecule has 4 nitrogen and oxygen atoms in total. The number of benzene rings is 1. The molecule has 0 saturated heterocycles. The van der Waals surface area contributed by atoms with Crippen LogP contribution in [-0.2, 0) is 6.18 Å². The summed E-state index contributed by atoms with van der Waals surface area (Å²) in [6, 6.07) is 2.18. The highest BCUT2D eigenvalue weighted by molar-refractivity contribution is 5.30. The number of aliphatic hydroxyl groups is 1. The summed E-state index contributed by atoms with van der Waals surface area (Å²) in [5.74, 6) is -1.42. The van der Waals surface area contributed by atoms with E-state index in [1.807, 2.05) is 0 Å². The predicted octanol–water partition coefficient (Wildman–Crippen LogP) is 2.04. The molecule has 96 valence electrons. The zero-order valence-corrected chi connectivity index (χ0v) is 8.74.